The molecule has 1 fully saturated rings. The zero-order chi connectivity index (χ0) is 19.8. The van der Waals surface area contributed by atoms with Crippen molar-refractivity contribution < 1.29 is 32.3 Å². The van der Waals surface area contributed by atoms with Gasteiger partial charge in [-0.2, -0.15) is 13.2 Å². The Hall–Kier alpha value is -2.94. The molecule has 1 saturated heterocycles. The maximum atomic E-state index is 13.3. The van der Waals surface area contributed by atoms with E-state index in [1.807, 2.05) is 5.32 Å². The lowest BCUT2D eigenvalue weighted by atomic mass is 9.76. The average molecular weight is 382 g/mol. The molecular formula is C18H14F4N2O3. The number of hydrogen-bond acceptors (Lipinski definition) is 3. The quantitative estimate of drug-likeness (QED) is 0.715. The van der Waals surface area contributed by atoms with Crippen molar-refractivity contribution in [2.75, 3.05) is 0 Å². The van der Waals surface area contributed by atoms with Crippen molar-refractivity contribution in [2.24, 2.45) is 5.92 Å². The number of alkyl halides is 3. The maximum absolute atomic E-state index is 13.3. The van der Waals surface area contributed by atoms with Gasteiger partial charge in [-0.05, 0) is 17.7 Å². The number of ketones is 1. The Balaban J connectivity index is 2.18. The molecule has 2 aromatic carbocycles. The Morgan fingerprint density at radius 2 is 1.63 bits per heavy atom. The molecule has 0 radical (unpaired) electrons. The van der Waals surface area contributed by atoms with E-state index in [2.05, 4.69) is 5.32 Å². The van der Waals surface area contributed by atoms with Crippen LogP contribution in [0.5, 0.6) is 0 Å². The summed E-state index contributed by atoms with van der Waals surface area (Å²) in [7, 11) is 0. The molecule has 27 heavy (non-hydrogen) atoms. The molecule has 2 amide bonds. The third-order valence-electron chi connectivity index (χ3n) is 4.38. The van der Waals surface area contributed by atoms with Gasteiger partial charge in [0.25, 0.3) is 0 Å². The van der Waals surface area contributed by atoms with E-state index in [0.29, 0.717) is 0 Å². The summed E-state index contributed by atoms with van der Waals surface area (Å²) in [6, 6.07) is 8.82. The first kappa shape index (κ1) is 18.8. The maximum Gasteiger partial charge on any atom is 0.450 e. The van der Waals surface area contributed by atoms with Gasteiger partial charge >= 0.3 is 12.2 Å². The van der Waals surface area contributed by atoms with E-state index in [4.69, 9.17) is 0 Å². The summed E-state index contributed by atoms with van der Waals surface area (Å²) in [6.45, 7) is 0. The molecule has 3 unspecified atom stereocenters. The summed E-state index contributed by atoms with van der Waals surface area (Å²) in [5.41, 5.74) is -2.66. The molecule has 3 rings (SSSR count). The fourth-order valence-electron chi connectivity index (χ4n) is 3.16. The minimum absolute atomic E-state index is 0.0446. The van der Waals surface area contributed by atoms with Crippen LogP contribution in [0.4, 0.5) is 22.4 Å². The third-order valence-corrected chi connectivity index (χ3v) is 4.38. The molecule has 1 heterocycles. The number of halogens is 4. The molecule has 5 nitrogen and oxygen atoms in total. The van der Waals surface area contributed by atoms with Gasteiger partial charge in [0, 0.05) is 5.56 Å². The summed E-state index contributed by atoms with van der Waals surface area (Å²) < 4.78 is 53.0. The Morgan fingerprint density at radius 3 is 2.19 bits per heavy atom. The topological polar surface area (TPSA) is 78.4 Å². The summed E-state index contributed by atoms with van der Waals surface area (Å²) in [5.74, 6) is -5.00. The van der Waals surface area contributed by atoms with E-state index in [1.54, 1.807) is 6.07 Å². The van der Waals surface area contributed by atoms with E-state index in [1.165, 1.54) is 24.3 Å². The van der Waals surface area contributed by atoms with Gasteiger partial charge in [0.1, 0.15) is 11.7 Å². The highest BCUT2D eigenvalue weighted by molar-refractivity contribution is 5.91. The lowest BCUT2D eigenvalue weighted by molar-refractivity contribution is -0.190. The number of amides is 2. The predicted molar refractivity (Wildman–Crippen MR) is 85.7 cm³/mol. The lowest BCUT2D eigenvalue weighted by Gasteiger charge is -2.45. The summed E-state index contributed by atoms with van der Waals surface area (Å²) >= 11 is 0. The molecule has 9 heteroatoms. The number of Topliss-reactive ketones (excluding diaryl/α,β-unsaturated/α-hetero) is 1. The molecule has 2 aromatic rings. The molecular weight excluding hydrogens is 368 g/mol. The number of nitrogens with one attached hydrogen (secondary N) is 2. The smallest absolute Gasteiger partial charge is 0.366 e. The molecule has 0 bridgehead atoms. The first-order chi connectivity index (χ1) is 12.6. The van der Waals surface area contributed by atoms with Gasteiger partial charge in [0.05, 0.1) is 6.04 Å². The average Bonchev–Trinajstić information content (AvgIpc) is 2.61. The zero-order valence-corrected chi connectivity index (χ0v) is 13.6. The zero-order valence-electron chi connectivity index (χ0n) is 13.6. The number of carbonyl (C=O) groups excluding carboxylic acids is 2. The first-order valence-corrected chi connectivity index (χ1v) is 7.86. The van der Waals surface area contributed by atoms with Gasteiger partial charge in [-0.3, -0.25) is 4.79 Å². The molecule has 0 aliphatic carbocycles. The Bertz CT molecular complexity index is 855. The van der Waals surface area contributed by atoms with Crippen molar-refractivity contribution in [1.82, 2.24) is 10.6 Å². The van der Waals surface area contributed by atoms with Gasteiger partial charge in [-0.1, -0.05) is 42.5 Å². The van der Waals surface area contributed by atoms with E-state index in [-0.39, 0.29) is 11.1 Å². The van der Waals surface area contributed by atoms with Gasteiger partial charge in [-0.25, -0.2) is 9.18 Å². The molecule has 3 atom stereocenters. The molecule has 0 aromatic heterocycles. The predicted octanol–water partition coefficient (Wildman–Crippen LogP) is 2.77. The fourth-order valence-corrected chi connectivity index (χ4v) is 3.16. The number of aliphatic hydroxyl groups is 1. The lowest BCUT2D eigenvalue weighted by Crippen LogP contribution is -2.66. The number of carbonyl (C=O) groups is 2. The molecule has 142 valence electrons. The molecule has 0 saturated carbocycles. The van der Waals surface area contributed by atoms with E-state index in [9.17, 15) is 32.3 Å². The summed E-state index contributed by atoms with van der Waals surface area (Å²) in [4.78, 5) is 24.3. The van der Waals surface area contributed by atoms with Crippen molar-refractivity contribution in [3.63, 3.8) is 0 Å². The molecule has 0 spiro atoms. The normalized spacial score (nSPS) is 25.4. The highest BCUT2D eigenvalue weighted by Gasteiger charge is 2.59. The van der Waals surface area contributed by atoms with Crippen LogP contribution in [0, 0.1) is 11.7 Å². The largest absolute Gasteiger partial charge is 0.450 e. The summed E-state index contributed by atoms with van der Waals surface area (Å²) in [5, 5.41) is 15.3. The Labute approximate surface area is 151 Å². The van der Waals surface area contributed by atoms with Gasteiger partial charge < -0.3 is 15.7 Å². The van der Waals surface area contributed by atoms with Crippen LogP contribution in [0.15, 0.2) is 54.6 Å². The number of urea groups is 1. The van der Waals surface area contributed by atoms with Crippen molar-refractivity contribution >= 4 is 11.8 Å². The molecule has 3 N–H and O–H groups in total. The summed E-state index contributed by atoms with van der Waals surface area (Å²) in [6.07, 6.45) is -5.27. The number of rotatable bonds is 3. The van der Waals surface area contributed by atoms with Crippen LogP contribution >= 0.6 is 0 Å². The standard InChI is InChI=1S/C18H14F4N2O3/c19-12-8-6-10(7-9-12)14-13(15(25)18(20,21)22)17(27,24-16(26)23-14)11-4-2-1-3-5-11/h1-9,13-14,27H,(H2,23,24,26). The second kappa shape index (κ2) is 6.66. The SMILES string of the molecule is O=C1NC(c2ccc(F)cc2)C(C(=O)C(F)(F)F)C(O)(c2ccccc2)N1. The third kappa shape index (κ3) is 3.50. The van der Waals surface area contributed by atoms with Crippen LogP contribution in [-0.4, -0.2) is 23.1 Å². The van der Waals surface area contributed by atoms with Crippen molar-refractivity contribution in [3.05, 3.63) is 71.5 Å². The van der Waals surface area contributed by atoms with Crippen LogP contribution in [0.25, 0.3) is 0 Å². The van der Waals surface area contributed by atoms with Crippen molar-refractivity contribution in [2.45, 2.75) is 17.9 Å². The fraction of sp³-hybridized carbons (Fsp3) is 0.222. The highest BCUT2D eigenvalue weighted by atomic mass is 19.4. The molecule has 1 aliphatic rings. The Kier molecular flexibility index (Phi) is 4.64. The van der Waals surface area contributed by atoms with Crippen LogP contribution in [0.3, 0.4) is 0 Å². The van der Waals surface area contributed by atoms with Gasteiger partial charge in [-0.15, -0.1) is 0 Å². The second-order valence-electron chi connectivity index (χ2n) is 6.10. The Morgan fingerprint density at radius 1 is 1.04 bits per heavy atom. The minimum atomic E-state index is -5.27. The van der Waals surface area contributed by atoms with Crippen LogP contribution < -0.4 is 10.6 Å². The van der Waals surface area contributed by atoms with Gasteiger partial charge in [0.2, 0.25) is 5.78 Å². The number of hydrogen-bond donors (Lipinski definition) is 3. The van der Waals surface area contributed by atoms with E-state index < -0.39 is 41.5 Å². The van der Waals surface area contributed by atoms with Crippen LogP contribution in [0.2, 0.25) is 0 Å². The van der Waals surface area contributed by atoms with E-state index >= 15 is 0 Å². The second-order valence-corrected chi connectivity index (χ2v) is 6.10. The molecule has 1 aliphatic heterocycles. The monoisotopic (exact) mass is 382 g/mol. The van der Waals surface area contributed by atoms with Crippen LogP contribution in [-0.2, 0) is 10.5 Å². The van der Waals surface area contributed by atoms with Gasteiger partial charge in [0.15, 0.2) is 5.72 Å². The first-order valence-electron chi connectivity index (χ1n) is 7.86. The van der Waals surface area contributed by atoms with Crippen molar-refractivity contribution in [1.29, 1.82) is 0 Å². The highest BCUT2D eigenvalue weighted by Crippen LogP contribution is 2.42. The number of benzene rings is 2. The van der Waals surface area contributed by atoms with Crippen molar-refractivity contribution in [3.8, 4) is 0 Å². The van der Waals surface area contributed by atoms with E-state index in [0.717, 1.165) is 24.3 Å². The van der Waals surface area contributed by atoms with Crippen LogP contribution in [0.1, 0.15) is 17.2 Å². The minimum Gasteiger partial charge on any atom is -0.366 e.